The summed E-state index contributed by atoms with van der Waals surface area (Å²) in [6.45, 7) is 6.47. The van der Waals surface area contributed by atoms with Gasteiger partial charge in [-0.05, 0) is 36.6 Å². The van der Waals surface area contributed by atoms with Gasteiger partial charge < -0.3 is 10.1 Å². The van der Waals surface area contributed by atoms with Gasteiger partial charge in [0.15, 0.2) is 0 Å². The molecule has 1 aliphatic rings. The monoisotopic (exact) mass is 241 g/mol. The van der Waals surface area contributed by atoms with Gasteiger partial charge in [0.1, 0.15) is 11.9 Å². The Hall–Kier alpha value is -0.730. The van der Waals surface area contributed by atoms with Gasteiger partial charge in [0.25, 0.3) is 0 Å². The Kier molecular flexibility index (Phi) is 5.10. The molecule has 1 N–H and O–H groups in total. The largest absolute Gasteiger partial charge is 0.489 e. The maximum absolute atomic E-state index is 5.90. The van der Waals surface area contributed by atoms with Gasteiger partial charge in [-0.3, -0.25) is 0 Å². The molecule has 3 heteroatoms. The fourth-order valence-electron chi connectivity index (χ4n) is 1.87. The van der Waals surface area contributed by atoms with Crippen molar-refractivity contribution in [1.82, 2.24) is 5.32 Å². The molecule has 1 heterocycles. The molecule has 0 saturated carbocycles. The van der Waals surface area contributed by atoms with Gasteiger partial charge in [0.2, 0.25) is 0 Å². The Morgan fingerprint density at radius 2 is 2.19 bits per heavy atom. The van der Waals surface area contributed by atoms with Gasteiger partial charge in [-0.2, -0.15) is 0 Å². The van der Waals surface area contributed by atoms with Crippen molar-refractivity contribution in [2.75, 3.05) is 13.1 Å². The highest BCUT2D eigenvalue weighted by molar-refractivity contribution is 5.85. The lowest BCUT2D eigenvalue weighted by atomic mass is 10.0. The highest BCUT2D eigenvalue weighted by Crippen LogP contribution is 2.21. The number of hydrogen-bond donors (Lipinski definition) is 1. The lowest BCUT2D eigenvalue weighted by molar-refractivity contribution is 0.223. The summed E-state index contributed by atoms with van der Waals surface area (Å²) in [7, 11) is 0. The number of hydrogen-bond acceptors (Lipinski definition) is 2. The molecule has 1 saturated heterocycles. The van der Waals surface area contributed by atoms with Gasteiger partial charge in [0.05, 0.1) is 0 Å². The van der Waals surface area contributed by atoms with E-state index in [0.29, 0.717) is 12.0 Å². The smallest absolute Gasteiger partial charge is 0.120 e. The van der Waals surface area contributed by atoms with E-state index in [1.165, 1.54) is 5.56 Å². The average molecular weight is 242 g/mol. The van der Waals surface area contributed by atoms with E-state index >= 15 is 0 Å². The molecule has 0 bridgehead atoms. The Morgan fingerprint density at radius 1 is 1.38 bits per heavy atom. The summed E-state index contributed by atoms with van der Waals surface area (Å²) in [5.41, 5.74) is 1.35. The van der Waals surface area contributed by atoms with Gasteiger partial charge in [-0.1, -0.05) is 26.0 Å². The molecule has 0 amide bonds. The van der Waals surface area contributed by atoms with Crippen molar-refractivity contribution in [3.8, 4) is 5.75 Å². The molecule has 0 spiro atoms. The topological polar surface area (TPSA) is 21.3 Å². The van der Waals surface area contributed by atoms with Crippen molar-refractivity contribution in [1.29, 1.82) is 0 Å². The number of rotatable bonds is 3. The minimum absolute atomic E-state index is 0. The maximum Gasteiger partial charge on any atom is 0.120 e. The van der Waals surface area contributed by atoms with Crippen LogP contribution in [0.1, 0.15) is 31.7 Å². The second-order valence-electron chi connectivity index (χ2n) is 4.46. The molecule has 1 aromatic rings. The second kappa shape index (κ2) is 6.12. The van der Waals surface area contributed by atoms with Crippen molar-refractivity contribution < 1.29 is 4.74 Å². The summed E-state index contributed by atoms with van der Waals surface area (Å²) in [6, 6.07) is 8.44. The van der Waals surface area contributed by atoms with Crippen LogP contribution >= 0.6 is 12.4 Å². The molecule has 2 nitrogen and oxygen atoms in total. The zero-order valence-electron chi connectivity index (χ0n) is 9.90. The van der Waals surface area contributed by atoms with Gasteiger partial charge in [-0.25, -0.2) is 0 Å². The van der Waals surface area contributed by atoms with Crippen molar-refractivity contribution >= 4 is 12.4 Å². The molecule has 0 aromatic heterocycles. The van der Waals surface area contributed by atoms with Crippen LogP contribution in [0.3, 0.4) is 0 Å². The van der Waals surface area contributed by atoms with Crippen LogP contribution in [0.4, 0.5) is 0 Å². The van der Waals surface area contributed by atoms with Gasteiger partial charge in [-0.15, -0.1) is 12.4 Å². The van der Waals surface area contributed by atoms with E-state index < -0.39 is 0 Å². The second-order valence-corrected chi connectivity index (χ2v) is 4.46. The minimum atomic E-state index is 0. The summed E-state index contributed by atoms with van der Waals surface area (Å²) < 4.78 is 5.90. The molecular weight excluding hydrogens is 222 g/mol. The van der Waals surface area contributed by atoms with E-state index in [9.17, 15) is 0 Å². The summed E-state index contributed by atoms with van der Waals surface area (Å²) in [4.78, 5) is 0. The zero-order valence-corrected chi connectivity index (χ0v) is 10.7. The van der Waals surface area contributed by atoms with E-state index in [-0.39, 0.29) is 12.4 Å². The first-order valence-corrected chi connectivity index (χ1v) is 5.73. The molecule has 1 aromatic carbocycles. The van der Waals surface area contributed by atoms with Crippen LogP contribution in [-0.4, -0.2) is 19.2 Å². The Morgan fingerprint density at radius 3 is 2.81 bits per heavy atom. The Labute approximate surface area is 104 Å². The SMILES string of the molecule is CC(C)c1cccc(OC2CCNC2)c1.Cl. The van der Waals surface area contributed by atoms with Crippen LogP contribution in [0.5, 0.6) is 5.75 Å². The van der Waals surface area contributed by atoms with E-state index in [1.54, 1.807) is 0 Å². The Balaban J connectivity index is 0.00000128. The fraction of sp³-hybridized carbons (Fsp3) is 0.538. The third-order valence-electron chi connectivity index (χ3n) is 2.84. The third-order valence-corrected chi connectivity index (χ3v) is 2.84. The quantitative estimate of drug-likeness (QED) is 0.879. The highest BCUT2D eigenvalue weighted by Gasteiger charge is 2.15. The van der Waals surface area contributed by atoms with E-state index in [1.807, 2.05) is 6.07 Å². The normalized spacial score (nSPS) is 19.6. The van der Waals surface area contributed by atoms with Gasteiger partial charge in [0, 0.05) is 6.54 Å². The average Bonchev–Trinajstić information content (AvgIpc) is 2.71. The van der Waals surface area contributed by atoms with Crippen molar-refractivity contribution in [3.63, 3.8) is 0 Å². The van der Waals surface area contributed by atoms with Crippen molar-refractivity contribution in [3.05, 3.63) is 29.8 Å². The summed E-state index contributed by atoms with van der Waals surface area (Å²) in [6.07, 6.45) is 1.47. The standard InChI is InChI=1S/C13H19NO.ClH/c1-10(2)11-4-3-5-12(8-11)15-13-6-7-14-9-13;/h3-5,8,10,13-14H,6-7,9H2,1-2H3;1H. The summed E-state index contributed by atoms with van der Waals surface area (Å²) in [5.74, 6) is 1.57. The van der Waals surface area contributed by atoms with Crippen LogP contribution in [-0.2, 0) is 0 Å². The molecule has 2 rings (SSSR count). The third kappa shape index (κ3) is 3.39. The molecule has 0 radical (unpaired) electrons. The molecule has 1 atom stereocenters. The first-order valence-electron chi connectivity index (χ1n) is 5.73. The lowest BCUT2D eigenvalue weighted by Crippen LogP contribution is -2.19. The minimum Gasteiger partial charge on any atom is -0.489 e. The van der Waals surface area contributed by atoms with Gasteiger partial charge >= 0.3 is 0 Å². The van der Waals surface area contributed by atoms with E-state index in [0.717, 1.165) is 25.3 Å². The van der Waals surface area contributed by atoms with Crippen LogP contribution in [0.2, 0.25) is 0 Å². The molecule has 1 fully saturated rings. The molecule has 16 heavy (non-hydrogen) atoms. The molecular formula is C13H20ClNO. The van der Waals surface area contributed by atoms with Crippen molar-refractivity contribution in [2.45, 2.75) is 32.3 Å². The number of nitrogens with one attached hydrogen (secondary N) is 1. The summed E-state index contributed by atoms with van der Waals surface area (Å²) in [5, 5.41) is 3.30. The molecule has 1 unspecified atom stereocenters. The molecule has 0 aliphatic carbocycles. The first kappa shape index (κ1) is 13.3. The van der Waals surface area contributed by atoms with E-state index in [2.05, 4.69) is 37.4 Å². The first-order chi connectivity index (χ1) is 7.25. The lowest BCUT2D eigenvalue weighted by Gasteiger charge is -2.14. The van der Waals surface area contributed by atoms with Crippen LogP contribution in [0, 0.1) is 0 Å². The zero-order chi connectivity index (χ0) is 10.7. The number of ether oxygens (including phenoxy) is 1. The van der Waals surface area contributed by atoms with Crippen molar-refractivity contribution in [2.24, 2.45) is 0 Å². The highest BCUT2D eigenvalue weighted by atomic mass is 35.5. The number of benzene rings is 1. The maximum atomic E-state index is 5.90. The molecule has 1 aliphatic heterocycles. The predicted molar refractivity (Wildman–Crippen MR) is 69.7 cm³/mol. The molecule has 90 valence electrons. The summed E-state index contributed by atoms with van der Waals surface area (Å²) >= 11 is 0. The van der Waals surface area contributed by atoms with Crippen LogP contribution in [0.15, 0.2) is 24.3 Å². The van der Waals surface area contributed by atoms with E-state index in [4.69, 9.17) is 4.74 Å². The fourth-order valence-corrected chi connectivity index (χ4v) is 1.87. The van der Waals surface area contributed by atoms with Crippen LogP contribution < -0.4 is 10.1 Å². The number of halogens is 1. The predicted octanol–water partition coefficient (Wildman–Crippen LogP) is 2.97. The van der Waals surface area contributed by atoms with Crippen LogP contribution in [0.25, 0.3) is 0 Å². The Bertz CT molecular complexity index is 321.